The van der Waals surface area contributed by atoms with Crippen LogP contribution in [0.25, 0.3) is 0 Å². The number of halogens is 1. The first-order chi connectivity index (χ1) is 9.04. The van der Waals surface area contributed by atoms with Gasteiger partial charge in [0.15, 0.2) is 0 Å². The number of ether oxygens (including phenoxy) is 1. The molecule has 0 bridgehead atoms. The van der Waals surface area contributed by atoms with Gasteiger partial charge >= 0.3 is 0 Å². The lowest BCUT2D eigenvalue weighted by Gasteiger charge is -2.24. The number of methoxy groups -OCH3 is 1. The second-order valence-corrected chi connectivity index (χ2v) is 5.29. The molecule has 0 fully saturated rings. The summed E-state index contributed by atoms with van der Waals surface area (Å²) in [7, 11) is 5.25. The molecule has 0 saturated heterocycles. The number of nitrogens with one attached hydrogen (secondary N) is 1. The normalized spacial score (nSPS) is 12.1. The fourth-order valence-corrected chi connectivity index (χ4v) is 2.32. The van der Waals surface area contributed by atoms with Gasteiger partial charge in [-0.05, 0) is 31.7 Å². The van der Waals surface area contributed by atoms with Crippen molar-refractivity contribution in [3.63, 3.8) is 0 Å². The summed E-state index contributed by atoms with van der Waals surface area (Å²) in [5, 5.41) is 3.06. The molecule has 1 N–H and O–H groups in total. The summed E-state index contributed by atoms with van der Waals surface area (Å²) in [6.07, 6.45) is 0.806. The smallest absolute Gasteiger partial charge is 0.231 e. The van der Waals surface area contributed by atoms with Crippen LogP contribution in [0.3, 0.4) is 0 Å². The lowest BCUT2D eigenvalue weighted by molar-refractivity contribution is -0.122. The first-order valence-corrected chi connectivity index (χ1v) is 7.10. The van der Waals surface area contributed by atoms with Gasteiger partial charge in [0.25, 0.3) is 0 Å². The van der Waals surface area contributed by atoms with Crippen molar-refractivity contribution in [1.29, 1.82) is 0 Å². The van der Waals surface area contributed by atoms with Gasteiger partial charge in [0, 0.05) is 18.1 Å². The summed E-state index contributed by atoms with van der Waals surface area (Å²) in [5.74, 6) is 0.755. The van der Waals surface area contributed by atoms with Crippen LogP contribution in [0.1, 0.15) is 13.3 Å². The third-order valence-corrected chi connectivity index (χ3v) is 3.62. The van der Waals surface area contributed by atoms with E-state index in [0.29, 0.717) is 12.3 Å². The maximum absolute atomic E-state index is 12.5. The Balaban J connectivity index is 3.01. The van der Waals surface area contributed by atoms with Crippen molar-refractivity contribution in [2.45, 2.75) is 13.3 Å². The van der Waals surface area contributed by atoms with Crippen LogP contribution in [0.15, 0.2) is 22.7 Å². The number of amides is 1. The lowest BCUT2D eigenvalue weighted by Crippen LogP contribution is -2.37. The SMILES string of the molecule is CCC(CNC)C(=O)N(C)c1cc(Br)ccc1OC. The number of hydrogen-bond donors (Lipinski definition) is 1. The summed E-state index contributed by atoms with van der Waals surface area (Å²) < 4.78 is 6.24. The average molecular weight is 329 g/mol. The molecule has 4 nitrogen and oxygen atoms in total. The van der Waals surface area contributed by atoms with E-state index >= 15 is 0 Å². The van der Waals surface area contributed by atoms with E-state index in [4.69, 9.17) is 4.74 Å². The number of nitrogens with zero attached hydrogens (tertiary/aromatic N) is 1. The van der Waals surface area contributed by atoms with Crippen LogP contribution in [0.2, 0.25) is 0 Å². The summed E-state index contributed by atoms with van der Waals surface area (Å²) in [6, 6.07) is 5.64. The summed E-state index contributed by atoms with van der Waals surface area (Å²) in [6.45, 7) is 2.70. The molecule has 0 heterocycles. The van der Waals surface area contributed by atoms with Crippen molar-refractivity contribution < 1.29 is 9.53 Å². The van der Waals surface area contributed by atoms with Crippen molar-refractivity contribution in [2.75, 3.05) is 32.6 Å². The predicted octanol–water partition coefficient (Wildman–Crippen LogP) is 2.67. The molecule has 0 aliphatic rings. The maximum atomic E-state index is 12.5. The highest BCUT2D eigenvalue weighted by atomic mass is 79.9. The first kappa shape index (κ1) is 16.0. The van der Waals surface area contributed by atoms with Gasteiger partial charge in [-0.15, -0.1) is 0 Å². The van der Waals surface area contributed by atoms with Crippen molar-refractivity contribution in [1.82, 2.24) is 5.32 Å². The molecule has 0 spiro atoms. The number of benzene rings is 1. The Hall–Kier alpha value is -1.07. The van der Waals surface area contributed by atoms with Gasteiger partial charge in [0.2, 0.25) is 5.91 Å². The van der Waals surface area contributed by atoms with Crippen molar-refractivity contribution in [3.05, 3.63) is 22.7 Å². The van der Waals surface area contributed by atoms with E-state index in [2.05, 4.69) is 21.2 Å². The third kappa shape index (κ3) is 3.94. The zero-order valence-electron chi connectivity index (χ0n) is 11.9. The summed E-state index contributed by atoms with van der Waals surface area (Å²) >= 11 is 3.42. The average Bonchev–Trinajstić information content (AvgIpc) is 2.43. The van der Waals surface area contributed by atoms with Gasteiger partial charge in [0.05, 0.1) is 18.7 Å². The molecule has 1 unspecified atom stereocenters. The van der Waals surface area contributed by atoms with Gasteiger partial charge in [-0.25, -0.2) is 0 Å². The molecule has 1 atom stereocenters. The molecule has 0 aromatic heterocycles. The van der Waals surface area contributed by atoms with Crippen LogP contribution < -0.4 is 15.0 Å². The quantitative estimate of drug-likeness (QED) is 0.872. The van der Waals surface area contributed by atoms with Gasteiger partial charge in [-0.3, -0.25) is 4.79 Å². The minimum Gasteiger partial charge on any atom is -0.495 e. The zero-order valence-corrected chi connectivity index (χ0v) is 13.5. The van der Waals surface area contributed by atoms with E-state index in [1.54, 1.807) is 19.1 Å². The molecule has 19 heavy (non-hydrogen) atoms. The number of rotatable bonds is 6. The predicted molar refractivity (Wildman–Crippen MR) is 81.8 cm³/mol. The largest absolute Gasteiger partial charge is 0.495 e. The Morgan fingerprint density at radius 1 is 1.53 bits per heavy atom. The summed E-state index contributed by atoms with van der Waals surface area (Å²) in [5.41, 5.74) is 0.774. The molecular formula is C14H21BrN2O2. The number of anilines is 1. The Morgan fingerprint density at radius 2 is 2.21 bits per heavy atom. The Labute approximate surface area is 123 Å². The van der Waals surface area contributed by atoms with Crippen LogP contribution >= 0.6 is 15.9 Å². The zero-order chi connectivity index (χ0) is 14.4. The molecule has 5 heteroatoms. The molecule has 106 valence electrons. The summed E-state index contributed by atoms with van der Waals surface area (Å²) in [4.78, 5) is 14.1. The first-order valence-electron chi connectivity index (χ1n) is 6.30. The molecule has 1 aromatic carbocycles. The topological polar surface area (TPSA) is 41.6 Å². The fourth-order valence-electron chi connectivity index (χ4n) is 1.97. The minimum absolute atomic E-state index is 0.0290. The van der Waals surface area contributed by atoms with Crippen LogP contribution in [-0.2, 0) is 4.79 Å². The number of carbonyl (C=O) groups excluding carboxylic acids is 1. The molecule has 1 rings (SSSR count). The number of carbonyl (C=O) groups is 1. The standard InChI is InChI=1S/C14H21BrN2O2/c1-5-10(9-16-2)14(18)17(3)12-8-11(15)6-7-13(12)19-4/h6-8,10,16H,5,9H2,1-4H3. The molecule has 0 aliphatic carbocycles. The minimum atomic E-state index is -0.0290. The third-order valence-electron chi connectivity index (χ3n) is 3.13. The highest BCUT2D eigenvalue weighted by Gasteiger charge is 2.22. The Morgan fingerprint density at radius 3 is 2.74 bits per heavy atom. The highest BCUT2D eigenvalue weighted by Crippen LogP contribution is 2.31. The highest BCUT2D eigenvalue weighted by molar-refractivity contribution is 9.10. The van der Waals surface area contributed by atoms with Crippen LogP contribution in [0.4, 0.5) is 5.69 Å². The molecule has 1 aromatic rings. The molecule has 0 aliphatic heterocycles. The van der Waals surface area contributed by atoms with Crippen molar-refractivity contribution in [2.24, 2.45) is 5.92 Å². The fraction of sp³-hybridized carbons (Fsp3) is 0.500. The van der Waals surface area contributed by atoms with Gasteiger partial charge in [-0.1, -0.05) is 22.9 Å². The molecular weight excluding hydrogens is 308 g/mol. The van der Waals surface area contributed by atoms with Gasteiger partial charge in [0.1, 0.15) is 5.75 Å². The van der Waals surface area contributed by atoms with Crippen LogP contribution in [-0.4, -0.2) is 33.7 Å². The van der Waals surface area contributed by atoms with Crippen LogP contribution in [0.5, 0.6) is 5.75 Å². The number of hydrogen-bond acceptors (Lipinski definition) is 3. The maximum Gasteiger partial charge on any atom is 0.231 e. The monoisotopic (exact) mass is 328 g/mol. The van der Waals surface area contributed by atoms with Gasteiger partial charge < -0.3 is 15.0 Å². The van der Waals surface area contributed by atoms with E-state index in [1.165, 1.54) is 0 Å². The van der Waals surface area contributed by atoms with E-state index in [-0.39, 0.29) is 11.8 Å². The van der Waals surface area contributed by atoms with Gasteiger partial charge in [-0.2, -0.15) is 0 Å². The van der Waals surface area contributed by atoms with Crippen LogP contribution in [0, 0.1) is 5.92 Å². The van der Waals surface area contributed by atoms with E-state index in [9.17, 15) is 4.79 Å². The van der Waals surface area contributed by atoms with Crippen molar-refractivity contribution in [3.8, 4) is 5.75 Å². The van der Waals surface area contributed by atoms with Crippen molar-refractivity contribution >= 4 is 27.5 Å². The molecule has 1 amide bonds. The van der Waals surface area contributed by atoms with E-state index in [1.807, 2.05) is 32.2 Å². The second kappa shape index (κ2) is 7.50. The molecule has 0 radical (unpaired) electrons. The van der Waals surface area contributed by atoms with E-state index < -0.39 is 0 Å². The second-order valence-electron chi connectivity index (χ2n) is 4.38. The Bertz CT molecular complexity index is 437. The lowest BCUT2D eigenvalue weighted by atomic mass is 10.0. The Kier molecular flexibility index (Phi) is 6.31. The van der Waals surface area contributed by atoms with E-state index in [0.717, 1.165) is 16.6 Å². The molecule has 0 saturated carbocycles.